The average molecular weight is 545 g/mol. The quantitative estimate of drug-likeness (QED) is 0.306. The molecule has 0 N–H and O–H groups in total. The number of hydrogen-bond acceptors (Lipinski definition) is 6. The van der Waals surface area contributed by atoms with Crippen LogP contribution in [0.15, 0.2) is 99.9 Å². The first-order valence-electron chi connectivity index (χ1n) is 12.2. The summed E-state index contributed by atoms with van der Waals surface area (Å²) in [6.07, 6.45) is 1.82. The van der Waals surface area contributed by atoms with Gasteiger partial charge < -0.3 is 9.47 Å². The van der Waals surface area contributed by atoms with Crippen molar-refractivity contribution < 1.29 is 14.3 Å². The Morgan fingerprint density at radius 1 is 1.08 bits per heavy atom. The molecule has 6 nitrogen and oxygen atoms in total. The van der Waals surface area contributed by atoms with Gasteiger partial charge in [0.05, 0.1) is 28.5 Å². The highest BCUT2D eigenvalue weighted by atomic mass is 35.5. The minimum atomic E-state index is -0.676. The highest BCUT2D eigenvalue weighted by Crippen LogP contribution is 2.31. The van der Waals surface area contributed by atoms with Gasteiger partial charge in [-0.05, 0) is 60.9 Å². The van der Waals surface area contributed by atoms with Crippen LogP contribution in [0.1, 0.15) is 36.6 Å². The molecule has 0 radical (unpaired) electrons. The van der Waals surface area contributed by atoms with Gasteiger partial charge in [0.15, 0.2) is 4.80 Å². The number of nitrogens with zero attached hydrogens (tertiary/aromatic N) is 2. The Kier molecular flexibility index (Phi) is 7.58. The van der Waals surface area contributed by atoms with Crippen LogP contribution in [-0.2, 0) is 16.1 Å². The summed E-state index contributed by atoms with van der Waals surface area (Å²) in [7, 11) is 0. The maximum absolute atomic E-state index is 13.7. The van der Waals surface area contributed by atoms with Crippen LogP contribution in [-0.4, -0.2) is 17.1 Å². The van der Waals surface area contributed by atoms with Crippen molar-refractivity contribution in [2.75, 3.05) is 6.61 Å². The van der Waals surface area contributed by atoms with E-state index >= 15 is 0 Å². The molecule has 4 aromatic rings. The van der Waals surface area contributed by atoms with Gasteiger partial charge >= 0.3 is 5.97 Å². The van der Waals surface area contributed by atoms with Crippen LogP contribution in [0.3, 0.4) is 0 Å². The topological polar surface area (TPSA) is 69.9 Å². The largest absolute Gasteiger partial charge is 0.489 e. The molecule has 1 atom stereocenters. The number of benzene rings is 3. The lowest BCUT2D eigenvalue weighted by atomic mass is 9.96. The minimum Gasteiger partial charge on any atom is -0.489 e. The second-order valence-corrected chi connectivity index (χ2v) is 10.1. The molecule has 2 heterocycles. The molecule has 1 aliphatic rings. The SMILES string of the molecule is CCOC(=O)C1=C(C)N=c2s/c(=C/c3cccc(OCc4ccccc4)c3)c(=O)n2C1c1ccc(Cl)cc1. The lowest BCUT2D eigenvalue weighted by Crippen LogP contribution is -2.39. The Morgan fingerprint density at radius 3 is 2.58 bits per heavy atom. The van der Waals surface area contributed by atoms with Crippen LogP contribution >= 0.6 is 22.9 Å². The molecule has 3 aromatic carbocycles. The van der Waals surface area contributed by atoms with Gasteiger partial charge in [0.1, 0.15) is 12.4 Å². The molecule has 0 saturated heterocycles. The molecular weight excluding hydrogens is 520 g/mol. The summed E-state index contributed by atoms with van der Waals surface area (Å²) in [5, 5.41) is 0.564. The number of rotatable bonds is 7. The standard InChI is InChI=1S/C30H25ClN2O4S/c1-3-36-29(35)26-19(2)32-30-33(27(26)22-12-14-23(31)15-13-22)28(34)25(38-30)17-21-10-7-11-24(16-21)37-18-20-8-5-4-6-9-20/h4-17,27H,3,18H2,1-2H3/b25-17+. The van der Waals surface area contributed by atoms with Crippen molar-refractivity contribution >= 4 is 35.0 Å². The number of esters is 1. The van der Waals surface area contributed by atoms with Crippen molar-refractivity contribution in [3.05, 3.63) is 132 Å². The van der Waals surface area contributed by atoms with Crippen molar-refractivity contribution in [1.29, 1.82) is 0 Å². The number of ether oxygens (including phenoxy) is 2. The Labute approximate surface area is 228 Å². The van der Waals surface area contributed by atoms with Gasteiger partial charge in [0, 0.05) is 5.02 Å². The van der Waals surface area contributed by atoms with E-state index in [0.717, 1.165) is 16.7 Å². The van der Waals surface area contributed by atoms with Crippen molar-refractivity contribution in [3.8, 4) is 5.75 Å². The zero-order chi connectivity index (χ0) is 26.6. The first-order chi connectivity index (χ1) is 18.4. The zero-order valence-electron chi connectivity index (χ0n) is 20.9. The third-order valence-corrected chi connectivity index (χ3v) is 7.34. The van der Waals surface area contributed by atoms with E-state index < -0.39 is 12.0 Å². The fraction of sp³-hybridized carbons (Fsp3) is 0.167. The van der Waals surface area contributed by atoms with Crippen LogP contribution in [0, 0.1) is 0 Å². The van der Waals surface area contributed by atoms with Gasteiger partial charge in [-0.3, -0.25) is 9.36 Å². The van der Waals surface area contributed by atoms with E-state index in [2.05, 4.69) is 4.99 Å². The summed E-state index contributed by atoms with van der Waals surface area (Å²) in [5.41, 5.74) is 3.26. The summed E-state index contributed by atoms with van der Waals surface area (Å²) < 4.78 is 13.4. The lowest BCUT2D eigenvalue weighted by molar-refractivity contribution is -0.139. The van der Waals surface area contributed by atoms with E-state index in [9.17, 15) is 9.59 Å². The Morgan fingerprint density at radius 2 is 1.84 bits per heavy atom. The predicted molar refractivity (Wildman–Crippen MR) is 149 cm³/mol. The molecule has 1 unspecified atom stereocenters. The van der Waals surface area contributed by atoms with E-state index in [1.165, 1.54) is 11.3 Å². The third kappa shape index (κ3) is 5.35. The van der Waals surface area contributed by atoms with Gasteiger partial charge in [-0.15, -0.1) is 0 Å². The lowest BCUT2D eigenvalue weighted by Gasteiger charge is -2.24. The second-order valence-electron chi connectivity index (χ2n) is 8.70. The van der Waals surface area contributed by atoms with Crippen molar-refractivity contribution in [2.45, 2.75) is 26.5 Å². The molecule has 1 aliphatic heterocycles. The normalized spacial score (nSPS) is 15.1. The Hall–Kier alpha value is -3.94. The van der Waals surface area contributed by atoms with Crippen LogP contribution in [0.25, 0.3) is 6.08 Å². The monoisotopic (exact) mass is 544 g/mol. The third-order valence-electron chi connectivity index (χ3n) is 6.11. The zero-order valence-corrected chi connectivity index (χ0v) is 22.5. The molecular formula is C30H25ClN2O4S. The number of halogens is 1. The number of fused-ring (bicyclic) bond motifs is 1. The van der Waals surface area contributed by atoms with Gasteiger partial charge in [-0.2, -0.15) is 0 Å². The minimum absolute atomic E-state index is 0.218. The molecule has 0 amide bonds. The molecule has 38 heavy (non-hydrogen) atoms. The highest BCUT2D eigenvalue weighted by Gasteiger charge is 2.33. The number of aromatic nitrogens is 1. The van der Waals surface area contributed by atoms with Crippen LogP contribution in [0.4, 0.5) is 0 Å². The molecule has 0 spiro atoms. The van der Waals surface area contributed by atoms with E-state index in [4.69, 9.17) is 21.1 Å². The number of carbonyl (C=O) groups is 1. The fourth-order valence-corrected chi connectivity index (χ4v) is 5.51. The summed E-state index contributed by atoms with van der Waals surface area (Å²) >= 11 is 7.40. The first kappa shape index (κ1) is 25.7. The molecule has 8 heteroatoms. The maximum atomic E-state index is 13.7. The van der Waals surface area contributed by atoms with Gasteiger partial charge in [0.2, 0.25) is 0 Å². The summed E-state index contributed by atoms with van der Waals surface area (Å²) in [5.74, 6) is 0.209. The van der Waals surface area contributed by atoms with E-state index in [1.807, 2.05) is 72.8 Å². The average Bonchev–Trinajstić information content (AvgIpc) is 3.22. The smallest absolute Gasteiger partial charge is 0.338 e. The summed E-state index contributed by atoms with van der Waals surface area (Å²) in [6, 6.07) is 24.0. The molecule has 5 rings (SSSR count). The van der Waals surface area contributed by atoms with Crippen molar-refractivity contribution in [1.82, 2.24) is 4.57 Å². The molecule has 0 bridgehead atoms. The van der Waals surface area contributed by atoms with E-state index in [-0.39, 0.29) is 12.2 Å². The van der Waals surface area contributed by atoms with Crippen molar-refractivity contribution in [2.24, 2.45) is 4.99 Å². The highest BCUT2D eigenvalue weighted by molar-refractivity contribution is 7.07. The van der Waals surface area contributed by atoms with Crippen LogP contribution < -0.4 is 19.6 Å². The molecule has 0 fully saturated rings. The molecule has 192 valence electrons. The Balaban J connectivity index is 1.55. The first-order valence-corrected chi connectivity index (χ1v) is 13.4. The Bertz CT molecular complexity index is 1690. The molecule has 0 aliphatic carbocycles. The second kappa shape index (κ2) is 11.2. The van der Waals surface area contributed by atoms with E-state index in [0.29, 0.717) is 38.0 Å². The number of carbonyl (C=O) groups excluding carboxylic acids is 1. The van der Waals surface area contributed by atoms with Gasteiger partial charge in [-0.1, -0.05) is 77.5 Å². The maximum Gasteiger partial charge on any atom is 0.338 e. The molecule has 1 aromatic heterocycles. The number of thiazole rings is 1. The van der Waals surface area contributed by atoms with Crippen LogP contribution in [0.5, 0.6) is 5.75 Å². The van der Waals surface area contributed by atoms with Crippen LogP contribution in [0.2, 0.25) is 5.02 Å². The fourth-order valence-electron chi connectivity index (χ4n) is 4.34. The predicted octanol–water partition coefficient (Wildman–Crippen LogP) is 5.03. The van der Waals surface area contributed by atoms with Gasteiger partial charge in [-0.25, -0.2) is 9.79 Å². The number of allylic oxidation sites excluding steroid dienone is 1. The van der Waals surface area contributed by atoms with Gasteiger partial charge in [0.25, 0.3) is 5.56 Å². The molecule has 0 saturated carbocycles. The summed E-state index contributed by atoms with van der Waals surface area (Å²) in [6.45, 7) is 4.18. The van der Waals surface area contributed by atoms with Crippen molar-refractivity contribution in [3.63, 3.8) is 0 Å². The number of hydrogen-bond donors (Lipinski definition) is 0. The summed E-state index contributed by atoms with van der Waals surface area (Å²) in [4.78, 5) is 31.9. The van der Waals surface area contributed by atoms with E-state index in [1.54, 1.807) is 30.5 Å².